The lowest BCUT2D eigenvalue weighted by Gasteiger charge is -1.98. The Morgan fingerprint density at radius 2 is 2.22 bits per heavy atom. The fourth-order valence-electron chi connectivity index (χ4n) is 1.88. The van der Waals surface area contributed by atoms with Crippen LogP contribution >= 0.6 is 0 Å². The first kappa shape index (κ1) is 16.3. The van der Waals surface area contributed by atoms with E-state index in [1.807, 2.05) is 0 Å². The van der Waals surface area contributed by atoms with E-state index in [1.54, 1.807) is 13.8 Å². The van der Waals surface area contributed by atoms with Crippen molar-refractivity contribution in [2.75, 3.05) is 0 Å². The molecule has 0 aliphatic carbocycles. The number of halogens is 1. The van der Waals surface area contributed by atoms with Crippen molar-refractivity contribution < 1.29 is 14.1 Å². The summed E-state index contributed by atoms with van der Waals surface area (Å²) in [6, 6.07) is 1.25. The van der Waals surface area contributed by atoms with Crippen molar-refractivity contribution in [3.63, 3.8) is 0 Å². The lowest BCUT2D eigenvalue weighted by molar-refractivity contribution is -0.389. The molecule has 2 rings (SSSR count). The Hall–Kier alpha value is -3.11. The largest absolute Gasteiger partial charge is 0.390 e. The number of carbonyl (C=O) groups is 1. The molecule has 1 N–H and O–H groups in total. The van der Waals surface area contributed by atoms with Gasteiger partial charge in [0.15, 0.2) is 0 Å². The van der Waals surface area contributed by atoms with E-state index < -0.39 is 16.8 Å². The number of amides is 1. The second-order valence-corrected chi connectivity index (χ2v) is 4.77. The number of rotatable bonds is 5. The number of hydrazone groups is 1. The minimum Gasteiger partial charge on any atom is -0.358 e. The van der Waals surface area contributed by atoms with E-state index >= 15 is 0 Å². The second-order valence-electron chi connectivity index (χ2n) is 4.77. The molecule has 0 aliphatic heterocycles. The fraction of sp³-hybridized carbons (Fsp3) is 0.333. The summed E-state index contributed by atoms with van der Waals surface area (Å²) in [7, 11) is 1.45. The van der Waals surface area contributed by atoms with Crippen molar-refractivity contribution in [2.24, 2.45) is 12.1 Å². The quantitative estimate of drug-likeness (QED) is 0.486. The molecule has 10 nitrogen and oxygen atoms in total. The number of nitrogens with one attached hydrogen (secondary N) is 1. The molecule has 0 radical (unpaired) electrons. The molecule has 0 atom stereocenters. The van der Waals surface area contributed by atoms with E-state index in [9.17, 15) is 19.3 Å². The number of nitro groups is 1. The number of carbonyl (C=O) groups excluding carboxylic acids is 1. The van der Waals surface area contributed by atoms with Gasteiger partial charge in [0.1, 0.15) is 6.54 Å². The Bertz CT molecular complexity index is 793. The average Bonchev–Trinajstić information content (AvgIpc) is 2.94. The first-order valence-corrected chi connectivity index (χ1v) is 6.49. The molecule has 2 aromatic rings. The van der Waals surface area contributed by atoms with Crippen LogP contribution in [0.15, 0.2) is 11.2 Å². The maximum absolute atomic E-state index is 13.6. The molecule has 0 aliphatic rings. The molecule has 0 unspecified atom stereocenters. The fourth-order valence-corrected chi connectivity index (χ4v) is 1.88. The van der Waals surface area contributed by atoms with Crippen LogP contribution in [-0.4, -0.2) is 36.6 Å². The van der Waals surface area contributed by atoms with Crippen LogP contribution in [0.1, 0.15) is 17.0 Å². The first-order valence-electron chi connectivity index (χ1n) is 6.49. The van der Waals surface area contributed by atoms with Gasteiger partial charge in [0.25, 0.3) is 5.91 Å². The molecular formula is C12H14FN7O3. The van der Waals surface area contributed by atoms with Gasteiger partial charge >= 0.3 is 5.82 Å². The Kier molecular flexibility index (Phi) is 4.48. The van der Waals surface area contributed by atoms with Crippen molar-refractivity contribution in [2.45, 2.75) is 20.4 Å². The van der Waals surface area contributed by atoms with E-state index in [0.717, 1.165) is 10.9 Å². The van der Waals surface area contributed by atoms with Crippen molar-refractivity contribution in [3.8, 4) is 0 Å². The molecule has 2 aromatic heterocycles. The summed E-state index contributed by atoms with van der Waals surface area (Å²) in [6.07, 6.45) is 1.15. The van der Waals surface area contributed by atoms with Gasteiger partial charge in [-0.1, -0.05) is 0 Å². The predicted octanol–water partition coefficient (Wildman–Crippen LogP) is 0.431. The van der Waals surface area contributed by atoms with Crippen molar-refractivity contribution >= 4 is 17.9 Å². The third-order valence-electron chi connectivity index (χ3n) is 3.03. The van der Waals surface area contributed by atoms with Crippen LogP contribution in [0.25, 0.3) is 0 Å². The topological polar surface area (TPSA) is 120 Å². The van der Waals surface area contributed by atoms with Gasteiger partial charge in [-0.15, -0.1) is 0 Å². The molecular weight excluding hydrogens is 309 g/mol. The molecule has 0 aromatic carbocycles. The van der Waals surface area contributed by atoms with Crippen LogP contribution in [0.5, 0.6) is 0 Å². The normalized spacial score (nSPS) is 11.1. The molecule has 23 heavy (non-hydrogen) atoms. The Labute approximate surface area is 129 Å². The molecule has 0 fully saturated rings. The summed E-state index contributed by atoms with van der Waals surface area (Å²) in [5.74, 6) is -1.46. The molecule has 0 saturated heterocycles. The standard InChI is InChI=1S/C12H14FN7O3/c1-7-4-10(20(22)23)17-19(7)6-11(21)15-14-5-9-8(2)16-18(3)12(9)13/h4-5H,6H2,1-3H3,(H,15,21)/b14-5-. The zero-order valence-corrected chi connectivity index (χ0v) is 12.6. The van der Waals surface area contributed by atoms with Crippen LogP contribution in [0.4, 0.5) is 10.2 Å². The molecule has 122 valence electrons. The van der Waals surface area contributed by atoms with Crippen molar-refractivity contribution in [3.05, 3.63) is 39.1 Å². The minimum absolute atomic E-state index is 0.165. The third kappa shape index (κ3) is 3.56. The van der Waals surface area contributed by atoms with Crippen LogP contribution in [0.2, 0.25) is 0 Å². The monoisotopic (exact) mass is 323 g/mol. The van der Waals surface area contributed by atoms with Gasteiger partial charge in [-0.3, -0.25) is 4.79 Å². The highest BCUT2D eigenvalue weighted by molar-refractivity contribution is 5.83. The summed E-state index contributed by atoms with van der Waals surface area (Å²) in [5, 5.41) is 21.8. The predicted molar refractivity (Wildman–Crippen MR) is 77.3 cm³/mol. The Balaban J connectivity index is 2.00. The van der Waals surface area contributed by atoms with Crippen molar-refractivity contribution in [1.82, 2.24) is 25.0 Å². The summed E-state index contributed by atoms with van der Waals surface area (Å²) in [6.45, 7) is 2.95. The zero-order valence-electron chi connectivity index (χ0n) is 12.6. The first-order chi connectivity index (χ1) is 10.8. The van der Waals surface area contributed by atoms with E-state index in [0.29, 0.717) is 11.4 Å². The highest BCUT2D eigenvalue weighted by Crippen LogP contribution is 2.10. The Morgan fingerprint density at radius 3 is 2.74 bits per heavy atom. The van der Waals surface area contributed by atoms with E-state index in [1.165, 1.54) is 17.8 Å². The zero-order chi connectivity index (χ0) is 17.1. The van der Waals surface area contributed by atoms with Gasteiger partial charge in [-0.2, -0.15) is 19.3 Å². The van der Waals surface area contributed by atoms with Crippen LogP contribution in [-0.2, 0) is 18.4 Å². The van der Waals surface area contributed by atoms with Crippen LogP contribution < -0.4 is 5.43 Å². The number of aromatic nitrogens is 4. The minimum atomic E-state index is -0.645. The number of nitrogens with zero attached hydrogens (tertiary/aromatic N) is 6. The SMILES string of the molecule is Cc1nn(C)c(F)c1/C=N\NC(=O)Cn1nc([N+](=O)[O-])cc1C. The molecule has 0 bridgehead atoms. The van der Waals surface area contributed by atoms with Gasteiger partial charge in [0.2, 0.25) is 5.95 Å². The highest BCUT2D eigenvalue weighted by atomic mass is 19.1. The summed E-state index contributed by atoms with van der Waals surface area (Å²) >= 11 is 0. The van der Waals surface area contributed by atoms with E-state index in [4.69, 9.17) is 0 Å². The van der Waals surface area contributed by atoms with Gasteiger partial charge in [-0.05, 0) is 18.8 Å². The number of aryl methyl sites for hydroxylation is 3. The second kappa shape index (κ2) is 6.34. The van der Waals surface area contributed by atoms with Crippen LogP contribution in [0, 0.1) is 29.9 Å². The lowest BCUT2D eigenvalue weighted by atomic mass is 10.3. The summed E-state index contributed by atoms with van der Waals surface area (Å²) in [5.41, 5.74) is 3.27. The highest BCUT2D eigenvalue weighted by Gasteiger charge is 2.17. The molecule has 2 heterocycles. The number of hydrogen-bond donors (Lipinski definition) is 1. The smallest absolute Gasteiger partial charge is 0.358 e. The average molecular weight is 323 g/mol. The van der Waals surface area contributed by atoms with Gasteiger partial charge in [-0.25, -0.2) is 10.1 Å². The van der Waals surface area contributed by atoms with Gasteiger partial charge in [0, 0.05) is 7.05 Å². The van der Waals surface area contributed by atoms with Crippen LogP contribution in [0.3, 0.4) is 0 Å². The van der Waals surface area contributed by atoms with E-state index in [2.05, 4.69) is 20.7 Å². The third-order valence-corrected chi connectivity index (χ3v) is 3.03. The molecule has 0 spiro atoms. The maximum Gasteiger partial charge on any atom is 0.390 e. The maximum atomic E-state index is 13.6. The Morgan fingerprint density at radius 1 is 1.52 bits per heavy atom. The summed E-state index contributed by atoms with van der Waals surface area (Å²) < 4.78 is 15.9. The van der Waals surface area contributed by atoms with Gasteiger partial charge in [0.05, 0.1) is 34.3 Å². The van der Waals surface area contributed by atoms with Gasteiger partial charge < -0.3 is 10.1 Å². The number of hydrogen-bond acceptors (Lipinski definition) is 6. The lowest BCUT2D eigenvalue weighted by Crippen LogP contribution is -2.24. The molecule has 11 heteroatoms. The van der Waals surface area contributed by atoms with E-state index in [-0.39, 0.29) is 17.9 Å². The van der Waals surface area contributed by atoms with Crippen molar-refractivity contribution in [1.29, 1.82) is 0 Å². The molecule has 0 saturated carbocycles. The molecule has 1 amide bonds. The summed E-state index contributed by atoms with van der Waals surface area (Å²) in [4.78, 5) is 21.7.